The molecule has 0 bridgehead atoms. The van der Waals surface area contributed by atoms with Crippen molar-refractivity contribution in [2.24, 2.45) is 5.16 Å². The Morgan fingerprint density at radius 2 is 1.78 bits per heavy atom. The molecule has 0 saturated heterocycles. The molecule has 1 aromatic heterocycles. The molecule has 0 fully saturated rings. The molecule has 0 atom stereocenters. The standard InChI is InChI=1S/C19H19NO3/c1-4-15-17(14-7-5-6-8-16(14)23-15)18(20-22)13-9-11(2)19(21)12(3)10-13/h5-10,21-22H,4H2,1-3H3/b20-18+. The van der Waals surface area contributed by atoms with Gasteiger partial charge in [-0.1, -0.05) is 30.3 Å². The third-order valence-corrected chi connectivity index (χ3v) is 4.09. The molecule has 118 valence electrons. The highest BCUT2D eigenvalue weighted by Gasteiger charge is 2.21. The van der Waals surface area contributed by atoms with Crippen LogP contribution < -0.4 is 0 Å². The summed E-state index contributed by atoms with van der Waals surface area (Å²) in [4.78, 5) is 0. The van der Waals surface area contributed by atoms with E-state index in [0.29, 0.717) is 12.1 Å². The van der Waals surface area contributed by atoms with E-state index in [2.05, 4.69) is 5.16 Å². The van der Waals surface area contributed by atoms with Crippen LogP contribution in [0.25, 0.3) is 11.0 Å². The monoisotopic (exact) mass is 309 g/mol. The zero-order valence-electron chi connectivity index (χ0n) is 13.4. The Bertz CT molecular complexity index is 883. The molecule has 0 aliphatic carbocycles. The van der Waals surface area contributed by atoms with E-state index in [1.54, 1.807) is 0 Å². The number of aryl methyl sites for hydroxylation is 3. The van der Waals surface area contributed by atoms with Gasteiger partial charge in [0.25, 0.3) is 0 Å². The zero-order valence-corrected chi connectivity index (χ0v) is 13.4. The first-order valence-corrected chi connectivity index (χ1v) is 7.60. The molecule has 0 radical (unpaired) electrons. The predicted octanol–water partition coefficient (Wildman–Crippen LogP) is 4.54. The number of benzene rings is 2. The number of nitrogens with zero attached hydrogens (tertiary/aromatic N) is 1. The number of furan rings is 1. The van der Waals surface area contributed by atoms with E-state index >= 15 is 0 Å². The van der Waals surface area contributed by atoms with Crippen LogP contribution in [0.1, 0.15) is 34.9 Å². The second-order valence-corrected chi connectivity index (χ2v) is 5.66. The number of oxime groups is 1. The maximum atomic E-state index is 9.97. The van der Waals surface area contributed by atoms with Crippen molar-refractivity contribution in [3.63, 3.8) is 0 Å². The number of hydrogen-bond acceptors (Lipinski definition) is 4. The van der Waals surface area contributed by atoms with Crippen molar-refractivity contribution >= 4 is 16.7 Å². The molecule has 0 spiro atoms. The smallest absolute Gasteiger partial charge is 0.134 e. The van der Waals surface area contributed by atoms with Crippen molar-refractivity contribution < 1.29 is 14.7 Å². The summed E-state index contributed by atoms with van der Waals surface area (Å²) in [5, 5.41) is 24.1. The van der Waals surface area contributed by atoms with Crippen LogP contribution in [0.3, 0.4) is 0 Å². The minimum absolute atomic E-state index is 0.263. The molecule has 4 nitrogen and oxygen atoms in total. The summed E-state index contributed by atoms with van der Waals surface area (Å²) < 4.78 is 5.90. The van der Waals surface area contributed by atoms with Crippen LogP contribution in [-0.4, -0.2) is 16.0 Å². The highest BCUT2D eigenvalue weighted by atomic mass is 16.4. The average Bonchev–Trinajstić information content (AvgIpc) is 2.92. The van der Waals surface area contributed by atoms with Crippen molar-refractivity contribution in [2.75, 3.05) is 0 Å². The summed E-state index contributed by atoms with van der Waals surface area (Å²) in [5.74, 6) is 1.04. The van der Waals surface area contributed by atoms with E-state index in [1.165, 1.54) is 0 Å². The second kappa shape index (κ2) is 5.80. The van der Waals surface area contributed by atoms with Crippen molar-refractivity contribution in [3.8, 4) is 5.75 Å². The van der Waals surface area contributed by atoms with Crippen LogP contribution >= 0.6 is 0 Å². The van der Waals surface area contributed by atoms with Gasteiger partial charge in [-0.3, -0.25) is 0 Å². The topological polar surface area (TPSA) is 66.0 Å². The Balaban J connectivity index is 2.27. The first-order chi connectivity index (χ1) is 11.1. The number of aromatic hydroxyl groups is 1. The average molecular weight is 309 g/mol. The fraction of sp³-hybridized carbons (Fsp3) is 0.211. The second-order valence-electron chi connectivity index (χ2n) is 5.66. The quantitative estimate of drug-likeness (QED) is 0.424. The maximum Gasteiger partial charge on any atom is 0.134 e. The molecule has 3 rings (SSSR count). The first-order valence-electron chi connectivity index (χ1n) is 7.60. The minimum atomic E-state index is 0.263. The lowest BCUT2D eigenvalue weighted by Gasteiger charge is -2.10. The molecule has 0 amide bonds. The molecule has 3 aromatic rings. The first kappa shape index (κ1) is 15.2. The van der Waals surface area contributed by atoms with E-state index in [0.717, 1.165) is 39.0 Å². The highest BCUT2D eigenvalue weighted by Crippen LogP contribution is 2.31. The number of para-hydroxylation sites is 1. The molecule has 1 heterocycles. The summed E-state index contributed by atoms with van der Waals surface area (Å²) >= 11 is 0. The number of phenols is 1. The van der Waals surface area contributed by atoms with Crippen LogP contribution in [0, 0.1) is 13.8 Å². The number of fused-ring (bicyclic) bond motifs is 1. The molecule has 4 heteroatoms. The third kappa shape index (κ3) is 2.46. The van der Waals surface area contributed by atoms with Gasteiger partial charge >= 0.3 is 0 Å². The molecule has 2 aromatic carbocycles. The number of phenolic OH excluding ortho intramolecular Hbond substituents is 1. The van der Waals surface area contributed by atoms with Crippen LogP contribution in [-0.2, 0) is 6.42 Å². The van der Waals surface area contributed by atoms with Crippen molar-refractivity contribution in [1.82, 2.24) is 0 Å². The van der Waals surface area contributed by atoms with Gasteiger partial charge in [0.1, 0.15) is 22.8 Å². The van der Waals surface area contributed by atoms with E-state index in [1.807, 2.05) is 57.2 Å². The number of rotatable bonds is 3. The Hall–Kier alpha value is -2.75. The molecule has 0 aliphatic heterocycles. The Morgan fingerprint density at radius 1 is 1.13 bits per heavy atom. The van der Waals surface area contributed by atoms with Gasteiger partial charge in [0.2, 0.25) is 0 Å². The molecular weight excluding hydrogens is 290 g/mol. The summed E-state index contributed by atoms with van der Waals surface area (Å²) in [5.41, 5.74) is 4.27. The van der Waals surface area contributed by atoms with Gasteiger partial charge < -0.3 is 14.7 Å². The zero-order chi connectivity index (χ0) is 16.6. The van der Waals surface area contributed by atoms with Gasteiger partial charge in [-0.2, -0.15) is 0 Å². The SMILES string of the molecule is CCc1oc2ccccc2c1/C(=N/O)c1cc(C)c(O)c(C)c1. The Kier molecular flexibility index (Phi) is 3.82. The lowest BCUT2D eigenvalue weighted by atomic mass is 9.95. The molecule has 0 unspecified atom stereocenters. The molecule has 0 aliphatic rings. The van der Waals surface area contributed by atoms with Crippen LogP contribution in [0.5, 0.6) is 5.75 Å². The van der Waals surface area contributed by atoms with Gasteiger partial charge in [-0.05, 0) is 43.2 Å². The molecular formula is C19H19NO3. The maximum absolute atomic E-state index is 9.97. The van der Waals surface area contributed by atoms with Crippen molar-refractivity contribution in [2.45, 2.75) is 27.2 Å². The molecule has 23 heavy (non-hydrogen) atoms. The van der Waals surface area contributed by atoms with Gasteiger partial charge in [0, 0.05) is 17.4 Å². The van der Waals surface area contributed by atoms with Gasteiger partial charge in [-0.15, -0.1) is 0 Å². The molecule has 2 N–H and O–H groups in total. The lowest BCUT2D eigenvalue weighted by molar-refractivity contribution is 0.319. The highest BCUT2D eigenvalue weighted by molar-refractivity contribution is 6.19. The van der Waals surface area contributed by atoms with Crippen LogP contribution in [0.15, 0.2) is 46.0 Å². The van der Waals surface area contributed by atoms with E-state index in [-0.39, 0.29) is 5.75 Å². The Labute approximate surface area is 134 Å². The van der Waals surface area contributed by atoms with Crippen LogP contribution in [0.2, 0.25) is 0 Å². The van der Waals surface area contributed by atoms with Crippen LogP contribution in [0.4, 0.5) is 0 Å². The lowest BCUT2D eigenvalue weighted by Crippen LogP contribution is -2.06. The summed E-state index contributed by atoms with van der Waals surface area (Å²) in [6.07, 6.45) is 0.694. The van der Waals surface area contributed by atoms with Gasteiger partial charge in [0.05, 0.1) is 5.56 Å². The normalized spacial score (nSPS) is 12.0. The Morgan fingerprint density at radius 3 is 2.39 bits per heavy atom. The summed E-state index contributed by atoms with van der Waals surface area (Å²) in [6.45, 7) is 5.66. The van der Waals surface area contributed by atoms with E-state index in [9.17, 15) is 10.3 Å². The van der Waals surface area contributed by atoms with Crippen molar-refractivity contribution in [1.29, 1.82) is 0 Å². The van der Waals surface area contributed by atoms with E-state index in [4.69, 9.17) is 4.42 Å². The largest absolute Gasteiger partial charge is 0.507 e. The minimum Gasteiger partial charge on any atom is -0.507 e. The molecule has 0 saturated carbocycles. The fourth-order valence-corrected chi connectivity index (χ4v) is 2.95. The number of hydrogen-bond donors (Lipinski definition) is 2. The summed E-state index contributed by atoms with van der Waals surface area (Å²) in [6, 6.07) is 11.3. The fourth-order valence-electron chi connectivity index (χ4n) is 2.95. The van der Waals surface area contributed by atoms with Gasteiger partial charge in [0.15, 0.2) is 0 Å². The van der Waals surface area contributed by atoms with E-state index < -0.39 is 0 Å². The summed E-state index contributed by atoms with van der Waals surface area (Å²) in [7, 11) is 0. The predicted molar refractivity (Wildman–Crippen MR) is 90.6 cm³/mol. The van der Waals surface area contributed by atoms with Gasteiger partial charge in [-0.25, -0.2) is 0 Å². The third-order valence-electron chi connectivity index (χ3n) is 4.09. The van der Waals surface area contributed by atoms with Crippen molar-refractivity contribution in [3.05, 3.63) is 64.4 Å².